The fourth-order valence-electron chi connectivity index (χ4n) is 3.89. The molecule has 2 amide bonds. The minimum Gasteiger partial charge on any atom is -0.497 e. The van der Waals surface area contributed by atoms with Crippen molar-refractivity contribution in [3.8, 4) is 5.75 Å². The highest BCUT2D eigenvalue weighted by molar-refractivity contribution is 7.92. The molecule has 1 N–H and O–H groups in total. The van der Waals surface area contributed by atoms with Gasteiger partial charge in [-0.2, -0.15) is 0 Å². The number of amides is 2. The molecule has 3 rings (SSSR count). The second kappa shape index (κ2) is 13.9. The molecule has 214 valence electrons. The third kappa shape index (κ3) is 7.68. The van der Waals surface area contributed by atoms with Crippen LogP contribution >= 0.6 is 23.2 Å². The van der Waals surface area contributed by atoms with Crippen molar-refractivity contribution in [3.63, 3.8) is 0 Å². The summed E-state index contributed by atoms with van der Waals surface area (Å²) in [6.07, 6.45) is 0.710. The highest BCUT2D eigenvalue weighted by Crippen LogP contribution is 2.33. The minimum atomic E-state index is -4.25. The fourth-order valence-corrected chi connectivity index (χ4v) is 5.77. The molecule has 11 heteroatoms. The van der Waals surface area contributed by atoms with Crippen molar-refractivity contribution in [3.05, 3.63) is 88.4 Å². The van der Waals surface area contributed by atoms with Crippen molar-refractivity contribution in [2.75, 3.05) is 18.0 Å². The second-order valence-electron chi connectivity index (χ2n) is 9.28. The predicted octanol–water partition coefficient (Wildman–Crippen LogP) is 5.53. The first kappa shape index (κ1) is 31.3. The van der Waals surface area contributed by atoms with Crippen LogP contribution in [0.5, 0.6) is 5.75 Å². The Bertz CT molecular complexity index is 1420. The third-order valence-corrected chi connectivity index (χ3v) is 8.80. The van der Waals surface area contributed by atoms with E-state index < -0.39 is 28.5 Å². The lowest BCUT2D eigenvalue weighted by molar-refractivity contribution is -0.139. The van der Waals surface area contributed by atoms with Crippen molar-refractivity contribution < 1.29 is 22.7 Å². The molecule has 0 bridgehead atoms. The average molecular weight is 607 g/mol. The van der Waals surface area contributed by atoms with Crippen LogP contribution in [0.4, 0.5) is 5.69 Å². The summed E-state index contributed by atoms with van der Waals surface area (Å²) in [6.45, 7) is 4.86. The number of hydrogen-bond donors (Lipinski definition) is 1. The van der Waals surface area contributed by atoms with Crippen LogP contribution in [-0.2, 0) is 26.2 Å². The molecule has 0 aliphatic rings. The molecule has 0 spiro atoms. The van der Waals surface area contributed by atoms with Crippen LogP contribution in [0.3, 0.4) is 0 Å². The molecule has 0 saturated carbocycles. The van der Waals surface area contributed by atoms with Crippen LogP contribution in [-0.4, -0.2) is 50.9 Å². The first-order valence-electron chi connectivity index (χ1n) is 12.7. The summed E-state index contributed by atoms with van der Waals surface area (Å²) in [5.74, 6) is -0.312. The summed E-state index contributed by atoms with van der Waals surface area (Å²) in [6, 6.07) is 18.2. The van der Waals surface area contributed by atoms with Gasteiger partial charge in [0.05, 0.1) is 22.7 Å². The maximum absolute atomic E-state index is 14.0. The van der Waals surface area contributed by atoms with Crippen LogP contribution in [0.15, 0.2) is 77.7 Å². The molecule has 2 atom stereocenters. The molecule has 0 aromatic heterocycles. The average Bonchev–Trinajstić information content (AvgIpc) is 2.96. The molecule has 3 aromatic rings. The second-order valence-corrected chi connectivity index (χ2v) is 12.0. The van der Waals surface area contributed by atoms with Crippen molar-refractivity contribution >= 4 is 50.7 Å². The Balaban J connectivity index is 2.05. The smallest absolute Gasteiger partial charge is 0.264 e. The van der Waals surface area contributed by atoms with E-state index in [-0.39, 0.29) is 39.1 Å². The van der Waals surface area contributed by atoms with E-state index >= 15 is 0 Å². The topological polar surface area (TPSA) is 96.0 Å². The largest absolute Gasteiger partial charge is 0.497 e. The molecule has 0 fully saturated rings. The Morgan fingerprint density at radius 3 is 2.23 bits per heavy atom. The molecule has 0 heterocycles. The van der Waals surface area contributed by atoms with Crippen LogP contribution in [0, 0.1) is 0 Å². The van der Waals surface area contributed by atoms with E-state index in [2.05, 4.69) is 5.32 Å². The minimum absolute atomic E-state index is 0.0249. The van der Waals surface area contributed by atoms with Gasteiger partial charge in [0.2, 0.25) is 11.8 Å². The maximum Gasteiger partial charge on any atom is 0.264 e. The van der Waals surface area contributed by atoms with E-state index in [0.717, 1.165) is 9.87 Å². The predicted molar refractivity (Wildman–Crippen MR) is 158 cm³/mol. The molecule has 0 saturated heterocycles. The van der Waals surface area contributed by atoms with Gasteiger partial charge >= 0.3 is 0 Å². The number of rotatable bonds is 12. The number of sulfonamides is 1. The van der Waals surface area contributed by atoms with Crippen LogP contribution in [0.25, 0.3) is 0 Å². The Kier molecular flexibility index (Phi) is 10.8. The van der Waals surface area contributed by atoms with Gasteiger partial charge in [-0.1, -0.05) is 60.5 Å². The van der Waals surface area contributed by atoms with Crippen molar-refractivity contribution in [2.45, 2.75) is 50.7 Å². The lowest BCUT2D eigenvalue weighted by Gasteiger charge is -2.32. The molecular formula is C29H33Cl2N3O5S. The van der Waals surface area contributed by atoms with E-state index in [1.54, 1.807) is 56.5 Å². The molecule has 40 heavy (non-hydrogen) atoms. The normalized spacial score (nSPS) is 12.8. The molecule has 0 aliphatic carbocycles. The van der Waals surface area contributed by atoms with Crippen LogP contribution in [0.2, 0.25) is 10.0 Å². The van der Waals surface area contributed by atoms with E-state index in [1.165, 1.54) is 35.2 Å². The van der Waals surface area contributed by atoms with Gasteiger partial charge in [-0.25, -0.2) is 8.42 Å². The zero-order valence-corrected chi connectivity index (χ0v) is 25.1. The van der Waals surface area contributed by atoms with E-state index in [1.807, 2.05) is 13.8 Å². The number of carbonyl (C=O) groups excluding carboxylic acids is 2. The zero-order valence-electron chi connectivity index (χ0n) is 22.8. The Labute approximate surface area is 245 Å². The molecule has 0 unspecified atom stereocenters. The first-order valence-corrected chi connectivity index (χ1v) is 14.9. The number of benzene rings is 3. The van der Waals surface area contributed by atoms with Gasteiger partial charge in [0, 0.05) is 17.6 Å². The Hall–Kier alpha value is -3.27. The molecule has 0 radical (unpaired) electrons. The first-order chi connectivity index (χ1) is 19.0. The lowest BCUT2D eigenvalue weighted by Crippen LogP contribution is -2.52. The Morgan fingerprint density at radius 2 is 1.62 bits per heavy atom. The highest BCUT2D eigenvalue weighted by Gasteiger charge is 2.33. The molecular weight excluding hydrogens is 573 g/mol. The zero-order chi connectivity index (χ0) is 29.4. The summed E-state index contributed by atoms with van der Waals surface area (Å²) < 4.78 is 33.8. The van der Waals surface area contributed by atoms with Gasteiger partial charge < -0.3 is 15.0 Å². The third-order valence-electron chi connectivity index (χ3n) is 6.47. The molecule has 8 nitrogen and oxygen atoms in total. The number of halogens is 2. The van der Waals surface area contributed by atoms with Crippen molar-refractivity contribution in [1.82, 2.24) is 10.2 Å². The summed E-state index contributed by atoms with van der Waals surface area (Å²) >= 11 is 12.6. The number of methoxy groups -OCH3 is 1. The van der Waals surface area contributed by atoms with E-state index in [9.17, 15) is 18.0 Å². The summed E-state index contributed by atoms with van der Waals surface area (Å²) in [7, 11) is -2.70. The van der Waals surface area contributed by atoms with Crippen molar-refractivity contribution in [1.29, 1.82) is 0 Å². The van der Waals surface area contributed by atoms with Gasteiger partial charge in [0.15, 0.2) is 0 Å². The fraction of sp³-hybridized carbons (Fsp3) is 0.310. The quantitative estimate of drug-likeness (QED) is 0.293. The SMILES string of the molecule is CC[C@@H](C)NC(=O)[C@@H](C)N(Cc1ccc(OC)cc1)C(=O)CN(c1cc(Cl)ccc1Cl)S(=O)(=O)c1ccccc1. The van der Waals surface area contributed by atoms with Gasteiger partial charge in [0.25, 0.3) is 10.0 Å². The lowest BCUT2D eigenvalue weighted by atomic mass is 10.1. The molecule has 3 aromatic carbocycles. The number of anilines is 1. The van der Waals surface area contributed by atoms with E-state index in [0.29, 0.717) is 12.2 Å². The maximum atomic E-state index is 14.0. The van der Waals surface area contributed by atoms with Gasteiger partial charge in [-0.15, -0.1) is 0 Å². The number of nitrogens with zero attached hydrogens (tertiary/aromatic N) is 2. The van der Waals surface area contributed by atoms with Gasteiger partial charge in [-0.05, 0) is 68.3 Å². The summed E-state index contributed by atoms with van der Waals surface area (Å²) in [5.41, 5.74) is 0.781. The number of carbonyl (C=O) groups is 2. The summed E-state index contributed by atoms with van der Waals surface area (Å²) in [4.78, 5) is 28.4. The summed E-state index contributed by atoms with van der Waals surface area (Å²) in [5, 5.41) is 3.25. The molecule has 0 aliphatic heterocycles. The highest BCUT2D eigenvalue weighted by atomic mass is 35.5. The monoisotopic (exact) mass is 605 g/mol. The standard InChI is InChI=1S/C29H33Cl2N3O5S/c1-5-20(2)32-29(36)21(3)33(18-22-11-14-24(39-4)15-12-22)28(35)19-34(27-17-23(30)13-16-26(27)31)40(37,38)25-9-7-6-8-10-25/h6-17,20-21H,5,18-19H2,1-4H3,(H,32,36)/t20-,21-/m1/s1. The van der Waals surface area contributed by atoms with Crippen molar-refractivity contribution in [2.24, 2.45) is 0 Å². The number of ether oxygens (including phenoxy) is 1. The Morgan fingerprint density at radius 1 is 0.975 bits per heavy atom. The number of nitrogens with one attached hydrogen (secondary N) is 1. The number of hydrogen-bond acceptors (Lipinski definition) is 5. The van der Waals surface area contributed by atoms with Gasteiger partial charge in [-0.3, -0.25) is 13.9 Å². The van der Waals surface area contributed by atoms with Gasteiger partial charge in [0.1, 0.15) is 18.3 Å². The van der Waals surface area contributed by atoms with E-state index in [4.69, 9.17) is 27.9 Å². The van der Waals surface area contributed by atoms with Crippen LogP contribution in [0.1, 0.15) is 32.8 Å². The van der Waals surface area contributed by atoms with Crippen LogP contribution < -0.4 is 14.4 Å².